The molecule has 0 atom stereocenters. The fourth-order valence-electron chi connectivity index (χ4n) is 1.89. The minimum Gasteiger partial charge on any atom is -0.489 e. The number of aliphatic hydroxyl groups is 1. The van der Waals surface area contributed by atoms with Crippen LogP contribution < -0.4 is 4.74 Å². The highest BCUT2D eigenvalue weighted by Crippen LogP contribution is 2.19. The topological polar surface area (TPSA) is 63.8 Å². The number of nitrogens with zero attached hydrogens (tertiary/aromatic N) is 2. The Hall–Kier alpha value is -1.88. The van der Waals surface area contributed by atoms with Gasteiger partial charge in [-0.2, -0.15) is 5.10 Å². The van der Waals surface area contributed by atoms with Gasteiger partial charge >= 0.3 is 0 Å². The molecule has 20 heavy (non-hydrogen) atoms. The van der Waals surface area contributed by atoms with Gasteiger partial charge in [0.05, 0.1) is 29.1 Å². The highest BCUT2D eigenvalue weighted by Gasteiger charge is 2.15. The second-order valence-electron chi connectivity index (χ2n) is 5.53. The van der Waals surface area contributed by atoms with Gasteiger partial charge in [0.25, 0.3) is 0 Å². The third kappa shape index (κ3) is 3.36. The Morgan fingerprint density at radius 2 is 2.20 bits per heavy atom. The molecule has 0 aliphatic carbocycles. The molecule has 0 aliphatic heterocycles. The van der Waals surface area contributed by atoms with E-state index in [0.717, 1.165) is 11.9 Å². The summed E-state index contributed by atoms with van der Waals surface area (Å²) in [5.41, 5.74) is 0.529. The van der Waals surface area contributed by atoms with Crippen LogP contribution in [0.3, 0.4) is 0 Å². The number of fused-ring (bicyclic) bond motifs is 1. The van der Waals surface area contributed by atoms with Crippen molar-refractivity contribution < 1.29 is 14.6 Å². The monoisotopic (exact) mass is 276 g/mol. The van der Waals surface area contributed by atoms with Crippen molar-refractivity contribution in [2.45, 2.75) is 39.2 Å². The van der Waals surface area contributed by atoms with Gasteiger partial charge in [-0.3, -0.25) is 4.79 Å². The lowest BCUT2D eigenvalue weighted by atomic mass is 10.1. The van der Waals surface area contributed by atoms with E-state index in [1.807, 2.05) is 13.0 Å². The van der Waals surface area contributed by atoms with Crippen LogP contribution in [0.1, 0.15) is 44.0 Å². The van der Waals surface area contributed by atoms with Crippen molar-refractivity contribution in [3.05, 3.63) is 30.1 Å². The van der Waals surface area contributed by atoms with E-state index in [9.17, 15) is 9.90 Å². The smallest absolute Gasteiger partial charge is 0.166 e. The van der Waals surface area contributed by atoms with Crippen LogP contribution in [0.2, 0.25) is 0 Å². The first-order valence-corrected chi connectivity index (χ1v) is 6.76. The minimum atomic E-state index is -0.888. The van der Waals surface area contributed by atoms with Crippen molar-refractivity contribution in [2.24, 2.45) is 0 Å². The maximum absolute atomic E-state index is 11.9. The van der Waals surface area contributed by atoms with Gasteiger partial charge in [0.1, 0.15) is 12.4 Å². The molecule has 0 aromatic carbocycles. The molecule has 0 unspecified atom stereocenters. The average Bonchev–Trinajstić information content (AvgIpc) is 2.78. The van der Waals surface area contributed by atoms with E-state index >= 15 is 0 Å². The van der Waals surface area contributed by atoms with Crippen LogP contribution in [-0.4, -0.2) is 32.7 Å². The van der Waals surface area contributed by atoms with E-state index < -0.39 is 5.60 Å². The molecule has 0 spiro atoms. The molecule has 5 nitrogen and oxygen atoms in total. The number of pyridine rings is 1. The Bertz CT molecular complexity index is 611. The maximum Gasteiger partial charge on any atom is 0.166 e. The van der Waals surface area contributed by atoms with Gasteiger partial charge in [-0.05, 0) is 32.4 Å². The Kier molecular flexibility index (Phi) is 4.09. The van der Waals surface area contributed by atoms with Gasteiger partial charge in [0.2, 0.25) is 0 Å². The second-order valence-corrected chi connectivity index (χ2v) is 5.53. The molecule has 0 fully saturated rings. The number of hydrogen-bond donors (Lipinski definition) is 1. The van der Waals surface area contributed by atoms with Crippen molar-refractivity contribution in [1.82, 2.24) is 9.61 Å². The van der Waals surface area contributed by atoms with Crippen LogP contribution in [0, 0.1) is 0 Å². The van der Waals surface area contributed by atoms with E-state index in [-0.39, 0.29) is 12.4 Å². The highest BCUT2D eigenvalue weighted by atomic mass is 16.5. The molecule has 0 radical (unpaired) electrons. The summed E-state index contributed by atoms with van der Waals surface area (Å²) >= 11 is 0. The summed E-state index contributed by atoms with van der Waals surface area (Å²) in [6.07, 6.45) is 4.65. The Morgan fingerprint density at radius 3 is 2.85 bits per heavy atom. The van der Waals surface area contributed by atoms with Gasteiger partial charge in [0, 0.05) is 6.42 Å². The molecule has 0 aliphatic rings. The molecule has 0 saturated heterocycles. The van der Waals surface area contributed by atoms with Gasteiger partial charge < -0.3 is 9.84 Å². The fraction of sp³-hybridized carbons (Fsp3) is 0.467. The van der Waals surface area contributed by atoms with Crippen molar-refractivity contribution >= 4 is 11.3 Å². The lowest BCUT2D eigenvalue weighted by Gasteiger charge is -2.17. The van der Waals surface area contributed by atoms with Crippen LogP contribution >= 0.6 is 0 Å². The Balaban J connectivity index is 2.22. The van der Waals surface area contributed by atoms with Gasteiger partial charge in [-0.25, -0.2) is 4.52 Å². The average molecular weight is 276 g/mol. The zero-order valence-corrected chi connectivity index (χ0v) is 12.1. The third-order valence-electron chi connectivity index (χ3n) is 2.86. The first-order chi connectivity index (χ1) is 9.40. The maximum atomic E-state index is 11.9. The van der Waals surface area contributed by atoms with Crippen LogP contribution in [0.25, 0.3) is 5.52 Å². The molecule has 2 aromatic heterocycles. The molecule has 0 amide bonds. The third-order valence-corrected chi connectivity index (χ3v) is 2.86. The molecule has 0 bridgehead atoms. The summed E-state index contributed by atoms with van der Waals surface area (Å²) in [6, 6.07) is 3.60. The fourth-order valence-corrected chi connectivity index (χ4v) is 1.89. The number of ketones is 1. The van der Waals surface area contributed by atoms with Gasteiger partial charge in [0.15, 0.2) is 5.78 Å². The molecular formula is C15H20N2O3. The van der Waals surface area contributed by atoms with Crippen molar-refractivity contribution in [2.75, 3.05) is 6.61 Å². The molecule has 2 aromatic rings. The standard InChI is InChI=1S/C15H20N2O3/c1-4-5-14(18)12-8-16-17-9-11(6-7-13(12)17)20-10-15(2,3)19/h6-9,19H,4-5,10H2,1-3H3. The van der Waals surface area contributed by atoms with E-state index in [0.29, 0.717) is 17.7 Å². The predicted octanol–water partition coefficient (Wildman–Crippen LogP) is 2.47. The van der Waals surface area contributed by atoms with Crippen LogP contribution in [-0.2, 0) is 0 Å². The highest BCUT2D eigenvalue weighted by molar-refractivity contribution is 6.02. The second kappa shape index (κ2) is 5.63. The molecule has 0 saturated carbocycles. The quantitative estimate of drug-likeness (QED) is 0.823. The lowest BCUT2D eigenvalue weighted by molar-refractivity contribution is 0.0283. The summed E-state index contributed by atoms with van der Waals surface area (Å²) in [6.45, 7) is 5.54. The van der Waals surface area contributed by atoms with Crippen LogP contribution in [0.4, 0.5) is 0 Å². The SMILES string of the molecule is CCCC(=O)c1cnn2cc(OCC(C)(C)O)ccc12. The predicted molar refractivity (Wildman–Crippen MR) is 76.2 cm³/mol. The lowest BCUT2D eigenvalue weighted by Crippen LogP contribution is -2.27. The van der Waals surface area contributed by atoms with E-state index in [4.69, 9.17) is 4.74 Å². The van der Waals surface area contributed by atoms with Gasteiger partial charge in [-0.15, -0.1) is 0 Å². The summed E-state index contributed by atoms with van der Waals surface area (Å²) < 4.78 is 7.13. The van der Waals surface area contributed by atoms with Gasteiger partial charge in [-0.1, -0.05) is 6.92 Å². The van der Waals surface area contributed by atoms with Crippen molar-refractivity contribution in [3.8, 4) is 5.75 Å². The first kappa shape index (κ1) is 14.5. The van der Waals surface area contributed by atoms with Crippen LogP contribution in [0.15, 0.2) is 24.5 Å². The van der Waals surface area contributed by atoms with E-state index in [2.05, 4.69) is 5.10 Å². The summed E-state index contributed by atoms with van der Waals surface area (Å²) in [7, 11) is 0. The molecule has 5 heteroatoms. The molecule has 2 heterocycles. The largest absolute Gasteiger partial charge is 0.489 e. The minimum absolute atomic E-state index is 0.104. The van der Waals surface area contributed by atoms with E-state index in [1.165, 1.54) is 0 Å². The summed E-state index contributed by atoms with van der Waals surface area (Å²) in [5.74, 6) is 0.713. The van der Waals surface area contributed by atoms with Crippen molar-refractivity contribution in [1.29, 1.82) is 0 Å². The number of aromatic nitrogens is 2. The number of Topliss-reactive ketones (excluding diaryl/α,β-unsaturated/α-hetero) is 1. The molecular weight excluding hydrogens is 256 g/mol. The number of hydrogen-bond acceptors (Lipinski definition) is 4. The molecule has 2 rings (SSSR count). The van der Waals surface area contributed by atoms with Crippen molar-refractivity contribution in [3.63, 3.8) is 0 Å². The molecule has 1 N–H and O–H groups in total. The zero-order chi connectivity index (χ0) is 14.8. The van der Waals surface area contributed by atoms with Crippen LogP contribution in [0.5, 0.6) is 5.75 Å². The Morgan fingerprint density at radius 1 is 1.45 bits per heavy atom. The number of rotatable bonds is 6. The molecule has 108 valence electrons. The Labute approximate surface area is 118 Å². The number of ether oxygens (including phenoxy) is 1. The number of carbonyl (C=O) groups is 1. The summed E-state index contributed by atoms with van der Waals surface area (Å²) in [4.78, 5) is 11.9. The first-order valence-electron chi connectivity index (χ1n) is 6.76. The summed E-state index contributed by atoms with van der Waals surface area (Å²) in [5, 5.41) is 13.8. The zero-order valence-electron chi connectivity index (χ0n) is 12.1. The normalized spacial score (nSPS) is 11.8. The van der Waals surface area contributed by atoms with E-state index in [1.54, 1.807) is 36.8 Å². The number of carbonyl (C=O) groups excluding carboxylic acids is 1.